The van der Waals surface area contributed by atoms with Crippen LogP contribution in [-0.4, -0.2) is 60.0 Å². The average molecular weight is 367 g/mol. The number of benzene rings is 1. The molecule has 1 aromatic heterocycles. The van der Waals surface area contributed by atoms with Crippen molar-refractivity contribution in [3.8, 4) is 0 Å². The highest BCUT2D eigenvalue weighted by Crippen LogP contribution is 2.18. The van der Waals surface area contributed by atoms with Gasteiger partial charge in [0.25, 0.3) is 5.91 Å². The Morgan fingerprint density at radius 1 is 0.926 bits per heavy atom. The van der Waals surface area contributed by atoms with Crippen molar-refractivity contribution in [1.29, 1.82) is 0 Å². The molecule has 1 aromatic carbocycles. The van der Waals surface area contributed by atoms with Gasteiger partial charge in [0, 0.05) is 57.3 Å². The van der Waals surface area contributed by atoms with E-state index >= 15 is 0 Å². The summed E-state index contributed by atoms with van der Waals surface area (Å²) < 4.78 is 0. The zero-order valence-corrected chi connectivity index (χ0v) is 16.3. The topological polar surface area (TPSA) is 52.6 Å². The Morgan fingerprint density at radius 3 is 2.04 bits per heavy atom. The number of anilines is 2. The minimum absolute atomic E-state index is 0.0270. The fourth-order valence-electron chi connectivity index (χ4n) is 3.44. The lowest BCUT2D eigenvalue weighted by molar-refractivity contribution is 0.0754. The fourth-order valence-corrected chi connectivity index (χ4v) is 3.44. The lowest BCUT2D eigenvalue weighted by Gasteiger charge is -2.36. The van der Waals surface area contributed by atoms with E-state index in [1.54, 1.807) is 12.4 Å². The summed E-state index contributed by atoms with van der Waals surface area (Å²) in [5, 5.41) is 0. The van der Waals surface area contributed by atoms with Crippen LogP contribution < -0.4 is 9.80 Å². The highest BCUT2D eigenvalue weighted by atomic mass is 16.2. The molecule has 0 bridgehead atoms. The van der Waals surface area contributed by atoms with Crippen LogP contribution in [0.2, 0.25) is 0 Å². The molecule has 2 aromatic rings. The molecule has 1 aliphatic heterocycles. The van der Waals surface area contributed by atoms with Crippen molar-refractivity contribution in [3.05, 3.63) is 48.3 Å². The maximum atomic E-state index is 12.6. The van der Waals surface area contributed by atoms with E-state index in [-0.39, 0.29) is 5.91 Å². The number of rotatable bonds is 7. The third kappa shape index (κ3) is 4.76. The first-order chi connectivity index (χ1) is 13.2. The van der Waals surface area contributed by atoms with Gasteiger partial charge in [-0.2, -0.15) is 0 Å². The number of hydrogen-bond donors (Lipinski definition) is 0. The first-order valence-electron chi connectivity index (χ1n) is 9.89. The molecule has 144 valence electrons. The number of carbonyl (C=O) groups is 1. The first-order valence-corrected chi connectivity index (χ1v) is 9.89. The van der Waals surface area contributed by atoms with Crippen molar-refractivity contribution in [2.75, 3.05) is 49.1 Å². The van der Waals surface area contributed by atoms with Crippen LogP contribution in [0.4, 0.5) is 11.6 Å². The number of para-hydroxylation sites is 1. The molecule has 0 saturated carbocycles. The Morgan fingerprint density at radius 2 is 1.48 bits per heavy atom. The second-order valence-corrected chi connectivity index (χ2v) is 6.87. The predicted molar refractivity (Wildman–Crippen MR) is 109 cm³/mol. The summed E-state index contributed by atoms with van der Waals surface area (Å²) in [6.45, 7) is 9.35. The molecule has 0 spiro atoms. The molecule has 1 saturated heterocycles. The first kappa shape index (κ1) is 19.1. The lowest BCUT2D eigenvalue weighted by Crippen LogP contribution is -2.47. The number of aromatic nitrogens is 2. The molecule has 6 nitrogen and oxygen atoms in total. The van der Waals surface area contributed by atoms with Gasteiger partial charge in [0.2, 0.25) is 5.95 Å². The van der Waals surface area contributed by atoms with Crippen LogP contribution in [0.25, 0.3) is 0 Å². The number of carbonyl (C=O) groups excluding carboxylic acids is 1. The van der Waals surface area contributed by atoms with E-state index in [0.29, 0.717) is 11.5 Å². The van der Waals surface area contributed by atoms with Crippen LogP contribution >= 0.6 is 0 Å². The van der Waals surface area contributed by atoms with Crippen molar-refractivity contribution < 1.29 is 4.79 Å². The van der Waals surface area contributed by atoms with Crippen LogP contribution in [0, 0.1) is 0 Å². The normalized spacial score (nSPS) is 14.3. The molecule has 27 heavy (non-hydrogen) atoms. The van der Waals surface area contributed by atoms with Gasteiger partial charge in [0.15, 0.2) is 0 Å². The zero-order valence-electron chi connectivity index (χ0n) is 16.3. The van der Waals surface area contributed by atoms with Crippen LogP contribution in [0.5, 0.6) is 0 Å². The van der Waals surface area contributed by atoms with E-state index in [4.69, 9.17) is 0 Å². The van der Waals surface area contributed by atoms with Gasteiger partial charge in [-0.25, -0.2) is 9.97 Å². The van der Waals surface area contributed by atoms with Crippen LogP contribution in [0.15, 0.2) is 42.7 Å². The van der Waals surface area contributed by atoms with Crippen molar-refractivity contribution >= 4 is 17.5 Å². The van der Waals surface area contributed by atoms with E-state index in [2.05, 4.69) is 57.9 Å². The minimum atomic E-state index is 0.0270. The van der Waals surface area contributed by atoms with Gasteiger partial charge < -0.3 is 14.7 Å². The van der Waals surface area contributed by atoms with Gasteiger partial charge in [-0.3, -0.25) is 4.79 Å². The molecule has 6 heteroatoms. The maximum Gasteiger partial charge on any atom is 0.256 e. The van der Waals surface area contributed by atoms with Gasteiger partial charge in [-0.15, -0.1) is 0 Å². The van der Waals surface area contributed by atoms with Crippen molar-refractivity contribution in [1.82, 2.24) is 14.9 Å². The van der Waals surface area contributed by atoms with Gasteiger partial charge >= 0.3 is 0 Å². The third-order valence-corrected chi connectivity index (χ3v) is 4.84. The SMILES string of the molecule is CCCN(CCC)C(=O)c1cnc(N2CCN(c3ccccc3)CC2)nc1. The largest absolute Gasteiger partial charge is 0.368 e. The summed E-state index contributed by atoms with van der Waals surface area (Å²) >= 11 is 0. The monoisotopic (exact) mass is 367 g/mol. The van der Waals surface area contributed by atoms with Crippen LogP contribution in [-0.2, 0) is 0 Å². The van der Waals surface area contributed by atoms with Crippen LogP contribution in [0.1, 0.15) is 37.0 Å². The number of piperazine rings is 1. The predicted octanol–water partition coefficient (Wildman–Crippen LogP) is 3.07. The van der Waals surface area contributed by atoms with E-state index in [9.17, 15) is 4.79 Å². The lowest BCUT2D eigenvalue weighted by atomic mass is 10.2. The second kappa shape index (κ2) is 9.35. The van der Waals surface area contributed by atoms with Gasteiger partial charge in [0.1, 0.15) is 0 Å². The van der Waals surface area contributed by atoms with E-state index in [1.807, 2.05) is 11.0 Å². The van der Waals surface area contributed by atoms with Gasteiger partial charge in [-0.1, -0.05) is 32.0 Å². The Balaban J connectivity index is 1.60. The highest BCUT2D eigenvalue weighted by molar-refractivity contribution is 5.93. The summed E-state index contributed by atoms with van der Waals surface area (Å²) in [7, 11) is 0. The third-order valence-electron chi connectivity index (χ3n) is 4.84. The van der Waals surface area contributed by atoms with Crippen molar-refractivity contribution in [3.63, 3.8) is 0 Å². The summed E-state index contributed by atoms with van der Waals surface area (Å²) in [6.07, 6.45) is 5.26. The molecule has 0 atom stereocenters. The number of hydrogen-bond acceptors (Lipinski definition) is 5. The number of nitrogens with zero attached hydrogens (tertiary/aromatic N) is 5. The Hall–Kier alpha value is -2.63. The Bertz CT molecular complexity index is 705. The van der Waals surface area contributed by atoms with Gasteiger partial charge in [0.05, 0.1) is 5.56 Å². The molecule has 1 aliphatic rings. The molecule has 3 rings (SSSR count). The second-order valence-electron chi connectivity index (χ2n) is 6.87. The van der Waals surface area contributed by atoms with Gasteiger partial charge in [-0.05, 0) is 25.0 Å². The molecular formula is C21H29N5O. The summed E-state index contributed by atoms with van der Waals surface area (Å²) in [4.78, 5) is 28.0. The van der Waals surface area contributed by atoms with E-state index < -0.39 is 0 Å². The standard InChI is InChI=1S/C21H29N5O/c1-3-10-25(11-4-2)20(27)18-16-22-21(23-17-18)26-14-12-24(13-15-26)19-8-6-5-7-9-19/h5-9,16-17H,3-4,10-15H2,1-2H3. The molecule has 0 unspecified atom stereocenters. The molecule has 0 N–H and O–H groups in total. The molecule has 1 fully saturated rings. The van der Waals surface area contributed by atoms with E-state index in [0.717, 1.165) is 52.1 Å². The minimum Gasteiger partial charge on any atom is -0.368 e. The highest BCUT2D eigenvalue weighted by Gasteiger charge is 2.20. The summed E-state index contributed by atoms with van der Waals surface area (Å²) in [5.74, 6) is 0.732. The summed E-state index contributed by atoms with van der Waals surface area (Å²) in [6, 6.07) is 10.5. The van der Waals surface area contributed by atoms with Crippen molar-refractivity contribution in [2.45, 2.75) is 26.7 Å². The molecular weight excluding hydrogens is 338 g/mol. The smallest absolute Gasteiger partial charge is 0.256 e. The van der Waals surface area contributed by atoms with E-state index in [1.165, 1.54) is 5.69 Å². The summed E-state index contributed by atoms with van der Waals surface area (Å²) in [5.41, 5.74) is 1.83. The average Bonchev–Trinajstić information content (AvgIpc) is 2.74. The van der Waals surface area contributed by atoms with Crippen molar-refractivity contribution in [2.24, 2.45) is 0 Å². The molecule has 0 aliphatic carbocycles. The quantitative estimate of drug-likeness (QED) is 0.753. The fraction of sp³-hybridized carbons (Fsp3) is 0.476. The molecule has 0 radical (unpaired) electrons. The zero-order chi connectivity index (χ0) is 19.1. The Kier molecular flexibility index (Phi) is 6.63. The molecule has 2 heterocycles. The molecule has 1 amide bonds. The Labute approximate surface area is 161 Å². The van der Waals surface area contributed by atoms with Crippen LogP contribution in [0.3, 0.4) is 0 Å². The maximum absolute atomic E-state index is 12.6. The number of amides is 1.